The van der Waals surface area contributed by atoms with Crippen LogP contribution in [0.4, 0.5) is 0 Å². The molecule has 0 unspecified atom stereocenters. The number of unbranched alkanes of at least 4 members (excludes halogenated alkanes) is 1. The molecule has 1 aromatic rings. The van der Waals surface area contributed by atoms with Gasteiger partial charge in [0, 0.05) is 12.0 Å². The van der Waals surface area contributed by atoms with Crippen LogP contribution in [0.5, 0.6) is 5.75 Å². The summed E-state index contributed by atoms with van der Waals surface area (Å²) in [5, 5.41) is 0. The number of aldehydes is 1. The van der Waals surface area contributed by atoms with Gasteiger partial charge >= 0.3 is 0 Å². The first-order chi connectivity index (χ1) is 7.27. The molecule has 2 nitrogen and oxygen atoms in total. The van der Waals surface area contributed by atoms with E-state index in [9.17, 15) is 4.79 Å². The van der Waals surface area contributed by atoms with Gasteiger partial charge in [-0.05, 0) is 25.0 Å². The highest BCUT2D eigenvalue weighted by atomic mass is 16.5. The summed E-state index contributed by atoms with van der Waals surface area (Å²) in [6.45, 7) is 2.54. The minimum Gasteiger partial charge on any atom is -0.493 e. The average Bonchev–Trinajstić information content (AvgIpc) is 2.26. The van der Waals surface area contributed by atoms with Crippen LogP contribution in [0.25, 0.3) is 0 Å². The van der Waals surface area contributed by atoms with Crippen LogP contribution in [-0.2, 0) is 0 Å². The van der Waals surface area contributed by atoms with Gasteiger partial charge in [0.05, 0.1) is 6.61 Å². The summed E-state index contributed by atoms with van der Waals surface area (Å²) in [7, 11) is 0. The summed E-state index contributed by atoms with van der Waals surface area (Å²) >= 11 is 0. The Balaban J connectivity index is 2.59. The van der Waals surface area contributed by atoms with E-state index in [1.165, 1.54) is 0 Å². The third-order valence-corrected chi connectivity index (χ3v) is 2.07. The summed E-state index contributed by atoms with van der Waals surface area (Å²) in [4.78, 5) is 10.6. The minimum atomic E-state index is 0.591. The Kier molecular flexibility index (Phi) is 4.43. The molecule has 0 aromatic heterocycles. The molecule has 0 bridgehead atoms. The van der Waals surface area contributed by atoms with Gasteiger partial charge in [-0.15, -0.1) is 12.3 Å². The Morgan fingerprint density at radius 3 is 3.00 bits per heavy atom. The van der Waals surface area contributed by atoms with Gasteiger partial charge in [-0.25, -0.2) is 0 Å². The lowest BCUT2D eigenvalue weighted by Crippen LogP contribution is -1.99. The van der Waals surface area contributed by atoms with Crippen molar-refractivity contribution in [2.24, 2.45) is 0 Å². The highest BCUT2D eigenvalue weighted by Crippen LogP contribution is 2.18. The molecule has 0 saturated carbocycles. The van der Waals surface area contributed by atoms with Crippen LogP contribution in [0.1, 0.15) is 28.8 Å². The maximum absolute atomic E-state index is 10.6. The summed E-state index contributed by atoms with van der Waals surface area (Å²) < 4.78 is 5.53. The first kappa shape index (κ1) is 11.3. The van der Waals surface area contributed by atoms with E-state index in [2.05, 4.69) is 5.92 Å². The van der Waals surface area contributed by atoms with E-state index in [0.717, 1.165) is 24.0 Å². The molecule has 0 spiro atoms. The van der Waals surface area contributed by atoms with Gasteiger partial charge in [-0.3, -0.25) is 4.79 Å². The standard InChI is InChI=1S/C13H14O2/c1-3-4-5-8-15-13-9-12(10-14)7-6-11(13)2/h1,6-7,9-10H,4-5,8H2,2H3. The molecular formula is C13H14O2. The second-order valence-corrected chi connectivity index (χ2v) is 3.30. The molecule has 0 radical (unpaired) electrons. The highest BCUT2D eigenvalue weighted by Gasteiger charge is 2.00. The van der Waals surface area contributed by atoms with E-state index in [0.29, 0.717) is 18.6 Å². The number of aryl methyl sites for hydroxylation is 1. The molecule has 1 rings (SSSR count). The molecule has 0 atom stereocenters. The molecule has 0 N–H and O–H groups in total. The van der Waals surface area contributed by atoms with E-state index >= 15 is 0 Å². The van der Waals surface area contributed by atoms with Crippen molar-refractivity contribution in [2.75, 3.05) is 6.61 Å². The predicted octanol–water partition coefficient (Wildman–Crippen LogP) is 2.60. The number of benzene rings is 1. The monoisotopic (exact) mass is 202 g/mol. The molecule has 78 valence electrons. The first-order valence-electron chi connectivity index (χ1n) is 4.90. The van der Waals surface area contributed by atoms with Gasteiger partial charge in [-0.1, -0.05) is 12.1 Å². The fourth-order valence-electron chi connectivity index (χ4n) is 1.20. The molecule has 0 saturated heterocycles. The van der Waals surface area contributed by atoms with E-state index in [-0.39, 0.29) is 0 Å². The lowest BCUT2D eigenvalue weighted by molar-refractivity contribution is 0.112. The molecule has 0 fully saturated rings. The zero-order valence-electron chi connectivity index (χ0n) is 8.82. The summed E-state index contributed by atoms with van der Waals surface area (Å²) in [5.74, 6) is 3.32. The lowest BCUT2D eigenvalue weighted by Gasteiger charge is -2.08. The van der Waals surface area contributed by atoms with Crippen molar-refractivity contribution in [3.8, 4) is 18.1 Å². The number of terminal acetylenes is 1. The Bertz CT molecular complexity index is 375. The van der Waals surface area contributed by atoms with Crippen LogP contribution >= 0.6 is 0 Å². The zero-order chi connectivity index (χ0) is 11.1. The Labute approximate surface area is 90.3 Å². The number of hydrogen-bond acceptors (Lipinski definition) is 2. The normalized spacial score (nSPS) is 9.33. The SMILES string of the molecule is C#CCCCOc1cc(C=O)ccc1C. The van der Waals surface area contributed by atoms with Gasteiger partial charge in [0.2, 0.25) is 0 Å². The molecule has 1 aromatic carbocycles. The number of rotatable bonds is 5. The van der Waals surface area contributed by atoms with Crippen molar-refractivity contribution in [1.82, 2.24) is 0 Å². The van der Waals surface area contributed by atoms with E-state index in [4.69, 9.17) is 11.2 Å². The maximum Gasteiger partial charge on any atom is 0.150 e. The van der Waals surface area contributed by atoms with Gasteiger partial charge < -0.3 is 4.74 Å². The second kappa shape index (κ2) is 5.87. The molecule has 15 heavy (non-hydrogen) atoms. The second-order valence-electron chi connectivity index (χ2n) is 3.30. The highest BCUT2D eigenvalue weighted by molar-refractivity contribution is 5.75. The average molecular weight is 202 g/mol. The van der Waals surface area contributed by atoms with Gasteiger partial charge in [0.25, 0.3) is 0 Å². The summed E-state index contributed by atoms with van der Waals surface area (Å²) in [5.41, 5.74) is 1.66. The van der Waals surface area contributed by atoms with Crippen molar-refractivity contribution in [3.05, 3.63) is 29.3 Å². The van der Waals surface area contributed by atoms with Crippen LogP contribution in [0, 0.1) is 19.3 Å². The number of ether oxygens (including phenoxy) is 1. The lowest BCUT2D eigenvalue weighted by atomic mass is 10.1. The molecular weight excluding hydrogens is 188 g/mol. The first-order valence-corrected chi connectivity index (χ1v) is 4.90. The van der Waals surface area contributed by atoms with Gasteiger partial charge in [0.1, 0.15) is 12.0 Å². The topological polar surface area (TPSA) is 26.3 Å². The molecule has 2 heteroatoms. The fourth-order valence-corrected chi connectivity index (χ4v) is 1.20. The van der Waals surface area contributed by atoms with E-state index in [1.54, 1.807) is 12.1 Å². The Morgan fingerprint density at radius 1 is 1.53 bits per heavy atom. The van der Waals surface area contributed by atoms with Crippen molar-refractivity contribution in [2.45, 2.75) is 19.8 Å². The molecule has 0 amide bonds. The molecule has 0 aliphatic rings. The van der Waals surface area contributed by atoms with Crippen LogP contribution in [0.2, 0.25) is 0 Å². The summed E-state index contributed by atoms with van der Waals surface area (Å²) in [6, 6.07) is 5.40. The van der Waals surface area contributed by atoms with Crippen LogP contribution in [0.3, 0.4) is 0 Å². The van der Waals surface area contributed by atoms with Crippen LogP contribution in [-0.4, -0.2) is 12.9 Å². The largest absolute Gasteiger partial charge is 0.493 e. The fraction of sp³-hybridized carbons (Fsp3) is 0.308. The Morgan fingerprint density at radius 2 is 2.33 bits per heavy atom. The van der Waals surface area contributed by atoms with E-state index < -0.39 is 0 Å². The minimum absolute atomic E-state index is 0.591. The Hall–Kier alpha value is -1.75. The molecule has 0 heterocycles. The third kappa shape index (κ3) is 3.47. The maximum atomic E-state index is 10.6. The van der Waals surface area contributed by atoms with Gasteiger partial charge in [0.15, 0.2) is 0 Å². The third-order valence-electron chi connectivity index (χ3n) is 2.07. The van der Waals surface area contributed by atoms with Crippen molar-refractivity contribution >= 4 is 6.29 Å². The van der Waals surface area contributed by atoms with E-state index in [1.807, 2.05) is 13.0 Å². The van der Waals surface area contributed by atoms with Crippen molar-refractivity contribution in [1.29, 1.82) is 0 Å². The van der Waals surface area contributed by atoms with Crippen molar-refractivity contribution < 1.29 is 9.53 Å². The summed E-state index contributed by atoms with van der Waals surface area (Å²) in [6.07, 6.45) is 7.49. The van der Waals surface area contributed by atoms with Crippen LogP contribution < -0.4 is 4.74 Å². The van der Waals surface area contributed by atoms with Crippen LogP contribution in [0.15, 0.2) is 18.2 Å². The molecule has 0 aliphatic carbocycles. The smallest absolute Gasteiger partial charge is 0.150 e. The zero-order valence-corrected chi connectivity index (χ0v) is 8.82. The van der Waals surface area contributed by atoms with Gasteiger partial charge in [-0.2, -0.15) is 0 Å². The number of carbonyl (C=O) groups is 1. The number of carbonyl (C=O) groups excluding carboxylic acids is 1. The quantitative estimate of drug-likeness (QED) is 0.417. The predicted molar refractivity (Wildman–Crippen MR) is 60.1 cm³/mol. The molecule has 0 aliphatic heterocycles. The van der Waals surface area contributed by atoms with Crippen molar-refractivity contribution in [3.63, 3.8) is 0 Å². The number of hydrogen-bond donors (Lipinski definition) is 0.